The Hall–Kier alpha value is -2.82. The van der Waals surface area contributed by atoms with Gasteiger partial charge in [-0.25, -0.2) is 9.18 Å². The van der Waals surface area contributed by atoms with Gasteiger partial charge in [0.05, 0.1) is 19.2 Å². The number of aryl methyl sites for hydroxylation is 1. The number of benzene rings is 2. The quantitative estimate of drug-likeness (QED) is 0.796. The summed E-state index contributed by atoms with van der Waals surface area (Å²) in [6, 6.07) is 10.2. The number of hydrogen-bond acceptors (Lipinski definition) is 2. The second-order valence-corrected chi connectivity index (χ2v) is 5.35. The topological polar surface area (TPSA) is 51.5 Å². The fourth-order valence-corrected chi connectivity index (χ4v) is 2.81. The van der Waals surface area contributed by atoms with Crippen molar-refractivity contribution in [2.75, 3.05) is 7.11 Å². The highest BCUT2D eigenvalue weighted by Gasteiger charge is 2.15. The highest BCUT2D eigenvalue weighted by molar-refractivity contribution is 5.88. The Morgan fingerprint density at radius 3 is 2.74 bits per heavy atom. The number of carbonyl (C=O) groups is 1. The molecule has 0 aliphatic heterocycles. The van der Waals surface area contributed by atoms with Crippen LogP contribution in [0.3, 0.4) is 0 Å². The van der Waals surface area contributed by atoms with Gasteiger partial charge in [0.1, 0.15) is 11.6 Å². The van der Waals surface area contributed by atoms with Crippen molar-refractivity contribution in [3.05, 3.63) is 65.1 Å². The lowest BCUT2D eigenvalue weighted by atomic mass is 10.1. The predicted molar refractivity (Wildman–Crippen MR) is 85.7 cm³/mol. The third-order valence-corrected chi connectivity index (χ3v) is 4.04. The Bertz CT molecular complexity index is 899. The summed E-state index contributed by atoms with van der Waals surface area (Å²) in [5, 5.41) is 10.0. The first-order valence-electron chi connectivity index (χ1n) is 7.16. The van der Waals surface area contributed by atoms with Crippen LogP contribution in [0.5, 0.6) is 5.75 Å². The summed E-state index contributed by atoms with van der Waals surface area (Å²) >= 11 is 0. The van der Waals surface area contributed by atoms with E-state index in [9.17, 15) is 9.18 Å². The van der Waals surface area contributed by atoms with E-state index in [1.54, 1.807) is 19.2 Å². The zero-order valence-electron chi connectivity index (χ0n) is 12.8. The number of aromatic carboxylic acids is 1. The van der Waals surface area contributed by atoms with Crippen LogP contribution in [0.15, 0.2) is 42.6 Å². The summed E-state index contributed by atoms with van der Waals surface area (Å²) in [7, 11) is 1.62. The van der Waals surface area contributed by atoms with Gasteiger partial charge >= 0.3 is 5.97 Å². The van der Waals surface area contributed by atoms with E-state index in [0.29, 0.717) is 5.56 Å². The lowest BCUT2D eigenvalue weighted by Gasteiger charge is -2.10. The van der Waals surface area contributed by atoms with Gasteiger partial charge in [-0.15, -0.1) is 0 Å². The summed E-state index contributed by atoms with van der Waals surface area (Å²) in [5.41, 5.74) is 2.00. The maximum absolute atomic E-state index is 14.3. The minimum Gasteiger partial charge on any atom is -0.496 e. The third kappa shape index (κ3) is 2.54. The fraction of sp³-hybridized carbons (Fsp3) is 0.167. The molecule has 1 aromatic heterocycles. The standard InChI is InChI=1S/C18H16FNO3/c1-11-13-8-9-20(15(13)6-7-16(11)23-2)10-12-4-3-5-14(17(12)19)18(21)22/h3-9H,10H2,1-2H3,(H,21,22). The van der Waals surface area contributed by atoms with Crippen molar-refractivity contribution in [2.24, 2.45) is 0 Å². The zero-order chi connectivity index (χ0) is 16.6. The molecule has 0 saturated heterocycles. The number of carboxylic acid groups (broad SMARTS) is 1. The van der Waals surface area contributed by atoms with Crippen LogP contribution in [0.2, 0.25) is 0 Å². The molecule has 0 saturated carbocycles. The molecule has 0 radical (unpaired) electrons. The van der Waals surface area contributed by atoms with Crippen molar-refractivity contribution in [1.82, 2.24) is 4.57 Å². The van der Waals surface area contributed by atoms with Crippen molar-refractivity contribution in [1.29, 1.82) is 0 Å². The Morgan fingerprint density at radius 1 is 1.26 bits per heavy atom. The highest BCUT2D eigenvalue weighted by Crippen LogP contribution is 2.28. The van der Waals surface area contributed by atoms with Crippen LogP contribution in [0.1, 0.15) is 21.5 Å². The normalized spacial score (nSPS) is 10.9. The summed E-state index contributed by atoms with van der Waals surface area (Å²) < 4.78 is 21.5. The Balaban J connectivity index is 2.05. The molecular weight excluding hydrogens is 297 g/mol. The summed E-state index contributed by atoms with van der Waals surface area (Å²) in [5.74, 6) is -1.15. The molecule has 1 N–H and O–H groups in total. The van der Waals surface area contributed by atoms with Crippen LogP contribution in [-0.2, 0) is 6.54 Å². The zero-order valence-corrected chi connectivity index (χ0v) is 12.8. The minimum absolute atomic E-state index is 0.266. The first kappa shape index (κ1) is 15.1. The number of aromatic nitrogens is 1. The average molecular weight is 313 g/mol. The van der Waals surface area contributed by atoms with Crippen LogP contribution in [0, 0.1) is 12.7 Å². The highest BCUT2D eigenvalue weighted by atomic mass is 19.1. The van der Waals surface area contributed by atoms with Crippen molar-refractivity contribution in [3.63, 3.8) is 0 Å². The van der Waals surface area contributed by atoms with E-state index in [4.69, 9.17) is 9.84 Å². The molecule has 0 fully saturated rings. The van der Waals surface area contributed by atoms with E-state index >= 15 is 0 Å². The number of carboxylic acids is 1. The molecule has 0 unspecified atom stereocenters. The molecule has 0 spiro atoms. The van der Waals surface area contributed by atoms with Crippen molar-refractivity contribution >= 4 is 16.9 Å². The summed E-state index contributed by atoms with van der Waals surface area (Å²) in [4.78, 5) is 11.0. The van der Waals surface area contributed by atoms with E-state index in [1.165, 1.54) is 6.07 Å². The van der Waals surface area contributed by atoms with Gasteiger partial charge in [-0.3, -0.25) is 0 Å². The van der Waals surface area contributed by atoms with Crippen LogP contribution in [0.25, 0.3) is 10.9 Å². The maximum Gasteiger partial charge on any atom is 0.338 e. The molecule has 2 aromatic carbocycles. The molecule has 0 amide bonds. The number of methoxy groups -OCH3 is 1. The second-order valence-electron chi connectivity index (χ2n) is 5.35. The van der Waals surface area contributed by atoms with Crippen LogP contribution in [0.4, 0.5) is 4.39 Å². The monoisotopic (exact) mass is 313 g/mol. The van der Waals surface area contributed by atoms with Gasteiger partial charge in [0.15, 0.2) is 0 Å². The first-order chi connectivity index (χ1) is 11.0. The van der Waals surface area contributed by atoms with E-state index in [2.05, 4.69) is 0 Å². The predicted octanol–water partition coefficient (Wildman–Crippen LogP) is 3.84. The largest absolute Gasteiger partial charge is 0.496 e. The molecule has 118 valence electrons. The number of halogens is 1. The van der Waals surface area contributed by atoms with Gasteiger partial charge in [0.2, 0.25) is 0 Å². The van der Waals surface area contributed by atoms with E-state index < -0.39 is 11.8 Å². The number of hydrogen-bond donors (Lipinski definition) is 1. The lowest BCUT2D eigenvalue weighted by Crippen LogP contribution is -2.06. The number of rotatable bonds is 4. The second kappa shape index (κ2) is 5.76. The molecule has 3 aromatic rings. The van der Waals surface area contributed by atoms with Gasteiger partial charge in [-0.05, 0) is 31.2 Å². The van der Waals surface area contributed by atoms with E-state index in [-0.39, 0.29) is 12.1 Å². The Kier molecular flexibility index (Phi) is 3.78. The summed E-state index contributed by atoms with van der Waals surface area (Å²) in [6.07, 6.45) is 1.87. The first-order valence-corrected chi connectivity index (χ1v) is 7.16. The smallest absolute Gasteiger partial charge is 0.338 e. The molecule has 0 aliphatic carbocycles. The molecule has 5 heteroatoms. The molecule has 1 heterocycles. The molecule has 0 aliphatic rings. The van der Waals surface area contributed by atoms with Crippen molar-refractivity contribution in [3.8, 4) is 5.75 Å². The molecule has 4 nitrogen and oxygen atoms in total. The van der Waals surface area contributed by atoms with Gasteiger partial charge in [0, 0.05) is 28.2 Å². The van der Waals surface area contributed by atoms with Gasteiger partial charge in [0.25, 0.3) is 0 Å². The molecule has 0 atom stereocenters. The number of fused-ring (bicyclic) bond motifs is 1. The van der Waals surface area contributed by atoms with Gasteiger partial charge in [-0.2, -0.15) is 0 Å². The van der Waals surface area contributed by atoms with E-state index in [1.807, 2.05) is 35.9 Å². The lowest BCUT2D eigenvalue weighted by molar-refractivity contribution is 0.0691. The van der Waals surface area contributed by atoms with Crippen LogP contribution < -0.4 is 4.74 Å². The maximum atomic E-state index is 14.3. The average Bonchev–Trinajstić information content (AvgIpc) is 2.93. The SMILES string of the molecule is COc1ccc2c(ccn2Cc2cccc(C(=O)O)c2F)c1C. The van der Waals surface area contributed by atoms with Crippen molar-refractivity contribution < 1.29 is 19.0 Å². The molecule has 0 bridgehead atoms. The van der Waals surface area contributed by atoms with Gasteiger partial charge < -0.3 is 14.4 Å². The number of nitrogens with zero attached hydrogens (tertiary/aromatic N) is 1. The Labute approximate surface area is 132 Å². The Morgan fingerprint density at radius 2 is 2.04 bits per heavy atom. The van der Waals surface area contributed by atoms with Crippen molar-refractivity contribution in [2.45, 2.75) is 13.5 Å². The molecular formula is C18H16FNO3. The molecule has 23 heavy (non-hydrogen) atoms. The summed E-state index contributed by atoms with van der Waals surface area (Å²) in [6.45, 7) is 2.24. The molecule has 3 rings (SSSR count). The van der Waals surface area contributed by atoms with Gasteiger partial charge in [-0.1, -0.05) is 12.1 Å². The third-order valence-electron chi connectivity index (χ3n) is 4.04. The van der Waals surface area contributed by atoms with E-state index in [0.717, 1.165) is 22.2 Å². The van der Waals surface area contributed by atoms with Crippen LogP contribution in [-0.4, -0.2) is 22.8 Å². The fourth-order valence-electron chi connectivity index (χ4n) is 2.81. The minimum atomic E-state index is -1.26. The van der Waals surface area contributed by atoms with Crippen LogP contribution >= 0.6 is 0 Å². The number of ether oxygens (including phenoxy) is 1.